The first-order valence-corrected chi connectivity index (χ1v) is 8.00. The van der Waals surface area contributed by atoms with E-state index < -0.39 is 11.7 Å². The highest BCUT2D eigenvalue weighted by atomic mass is 32.2. The number of benzene rings is 2. The number of halogens is 2. The lowest BCUT2D eigenvalue weighted by Crippen LogP contribution is -2.20. The molecule has 1 amide bonds. The molecule has 0 radical (unpaired) electrons. The predicted molar refractivity (Wildman–Crippen MR) is 90.8 cm³/mol. The van der Waals surface area contributed by atoms with Crippen molar-refractivity contribution in [2.24, 2.45) is 0 Å². The van der Waals surface area contributed by atoms with Gasteiger partial charge in [0.2, 0.25) is 0 Å². The van der Waals surface area contributed by atoms with Gasteiger partial charge in [-0.2, -0.15) is 8.78 Å². The van der Waals surface area contributed by atoms with Crippen LogP contribution in [0.25, 0.3) is 0 Å². The Morgan fingerprint density at radius 2 is 1.96 bits per heavy atom. The topological polar surface area (TPSA) is 64.6 Å². The van der Waals surface area contributed by atoms with Gasteiger partial charge in [-0.25, -0.2) is 0 Å². The van der Waals surface area contributed by atoms with Crippen LogP contribution in [0.4, 0.5) is 14.5 Å². The molecular formula is C17H15F2NO4S. The van der Waals surface area contributed by atoms with Gasteiger partial charge in [0.25, 0.3) is 11.7 Å². The summed E-state index contributed by atoms with van der Waals surface area (Å²) in [5.41, 5.74) is 0.720. The number of hydrogen-bond donors (Lipinski definition) is 1. The number of thioether (sulfide) groups is 1. The fourth-order valence-electron chi connectivity index (χ4n) is 1.94. The molecule has 2 aromatic rings. The van der Waals surface area contributed by atoms with Gasteiger partial charge in [-0.15, -0.1) is 0 Å². The zero-order valence-electron chi connectivity index (χ0n) is 13.2. The second-order valence-corrected chi connectivity index (χ2v) is 5.82. The lowest BCUT2D eigenvalue weighted by Gasteiger charge is -2.10. The van der Waals surface area contributed by atoms with Crippen molar-refractivity contribution in [3.8, 4) is 11.5 Å². The minimum absolute atomic E-state index is 0.259. The normalized spacial score (nSPS) is 10.4. The molecule has 0 aromatic heterocycles. The number of anilines is 1. The first kappa shape index (κ1) is 18.7. The minimum atomic E-state index is -2.50. The molecule has 0 saturated heterocycles. The van der Waals surface area contributed by atoms with Crippen LogP contribution in [0.2, 0.25) is 0 Å². The molecule has 132 valence electrons. The van der Waals surface area contributed by atoms with E-state index in [4.69, 9.17) is 9.47 Å². The van der Waals surface area contributed by atoms with Gasteiger partial charge in [-0.1, -0.05) is 11.8 Å². The number of rotatable bonds is 8. The monoisotopic (exact) mass is 367 g/mol. The summed E-state index contributed by atoms with van der Waals surface area (Å²) >= 11 is 0.427. The van der Waals surface area contributed by atoms with Gasteiger partial charge in [0.1, 0.15) is 11.5 Å². The zero-order valence-corrected chi connectivity index (χ0v) is 14.0. The zero-order chi connectivity index (χ0) is 18.2. The highest BCUT2D eigenvalue weighted by molar-refractivity contribution is 7.99. The number of hydrogen-bond acceptors (Lipinski definition) is 5. The number of alkyl halides is 2. The average Bonchev–Trinajstić information content (AvgIpc) is 2.61. The molecule has 0 heterocycles. The SMILES string of the molecule is COc1ccc(OCC(=O)Nc2ccc(SC(F)F)cc2)c(C=O)c1. The van der Waals surface area contributed by atoms with Crippen LogP contribution in [0.1, 0.15) is 10.4 Å². The van der Waals surface area contributed by atoms with Crippen molar-refractivity contribution < 1.29 is 27.8 Å². The first-order valence-electron chi connectivity index (χ1n) is 7.12. The Labute approximate surface area is 147 Å². The highest BCUT2D eigenvalue weighted by Crippen LogP contribution is 2.26. The molecule has 2 aromatic carbocycles. The number of ether oxygens (including phenoxy) is 2. The maximum Gasteiger partial charge on any atom is 0.288 e. The van der Waals surface area contributed by atoms with E-state index in [1.807, 2.05) is 0 Å². The number of nitrogens with one attached hydrogen (secondary N) is 1. The molecule has 0 saturated carbocycles. The largest absolute Gasteiger partial charge is 0.497 e. The predicted octanol–water partition coefficient (Wildman–Crippen LogP) is 3.84. The summed E-state index contributed by atoms with van der Waals surface area (Å²) in [6, 6.07) is 10.7. The summed E-state index contributed by atoms with van der Waals surface area (Å²) in [5, 5.41) is 2.58. The molecule has 0 atom stereocenters. The van der Waals surface area contributed by atoms with Crippen LogP contribution in [0.5, 0.6) is 11.5 Å². The third-order valence-corrected chi connectivity index (χ3v) is 3.79. The van der Waals surface area contributed by atoms with Gasteiger partial charge in [-0.3, -0.25) is 9.59 Å². The van der Waals surface area contributed by atoms with E-state index >= 15 is 0 Å². The average molecular weight is 367 g/mol. The molecule has 0 aliphatic heterocycles. The Balaban J connectivity index is 1.91. The highest BCUT2D eigenvalue weighted by Gasteiger charge is 2.09. The third kappa shape index (κ3) is 5.75. The summed E-state index contributed by atoms with van der Waals surface area (Å²) in [5.74, 6) is -2.18. The lowest BCUT2D eigenvalue weighted by atomic mass is 10.2. The van der Waals surface area contributed by atoms with Gasteiger partial charge in [0.05, 0.1) is 12.7 Å². The number of aldehydes is 1. The van der Waals surface area contributed by atoms with E-state index in [0.717, 1.165) is 0 Å². The molecule has 0 aliphatic carbocycles. The molecule has 0 fully saturated rings. The quantitative estimate of drug-likeness (QED) is 0.567. The number of carbonyl (C=O) groups excluding carboxylic acids is 2. The van der Waals surface area contributed by atoms with E-state index in [1.54, 1.807) is 6.07 Å². The minimum Gasteiger partial charge on any atom is -0.497 e. The van der Waals surface area contributed by atoms with Crippen molar-refractivity contribution in [2.75, 3.05) is 19.0 Å². The standard InChI is InChI=1S/C17H15F2NO4S/c1-23-13-4-7-15(11(8-13)9-21)24-10-16(22)20-12-2-5-14(6-3-12)25-17(18)19/h2-9,17H,10H2,1H3,(H,20,22). The van der Waals surface area contributed by atoms with Crippen LogP contribution in [0.15, 0.2) is 47.4 Å². The van der Waals surface area contributed by atoms with Gasteiger partial charge in [-0.05, 0) is 42.5 Å². The molecule has 2 rings (SSSR count). The molecule has 0 bridgehead atoms. The van der Waals surface area contributed by atoms with Gasteiger partial charge in [0, 0.05) is 10.6 Å². The lowest BCUT2D eigenvalue weighted by molar-refractivity contribution is -0.118. The van der Waals surface area contributed by atoms with Crippen LogP contribution in [0, 0.1) is 0 Å². The fourth-order valence-corrected chi connectivity index (χ4v) is 2.44. The van der Waals surface area contributed by atoms with Crippen molar-refractivity contribution in [3.05, 3.63) is 48.0 Å². The van der Waals surface area contributed by atoms with Crippen molar-refractivity contribution >= 4 is 29.6 Å². The van der Waals surface area contributed by atoms with E-state index in [9.17, 15) is 18.4 Å². The molecule has 1 N–H and O–H groups in total. The number of methoxy groups -OCH3 is 1. The molecule has 8 heteroatoms. The Hall–Kier alpha value is -2.61. The van der Waals surface area contributed by atoms with E-state index in [-0.39, 0.29) is 17.9 Å². The smallest absolute Gasteiger partial charge is 0.288 e. The van der Waals surface area contributed by atoms with Gasteiger partial charge < -0.3 is 14.8 Å². The Kier molecular flexibility index (Phi) is 6.76. The Morgan fingerprint density at radius 1 is 1.24 bits per heavy atom. The summed E-state index contributed by atoms with van der Waals surface area (Å²) in [6.45, 7) is -0.305. The summed E-state index contributed by atoms with van der Waals surface area (Å²) in [7, 11) is 1.48. The number of carbonyl (C=O) groups is 2. The van der Waals surface area contributed by atoms with Crippen molar-refractivity contribution in [3.63, 3.8) is 0 Å². The molecule has 25 heavy (non-hydrogen) atoms. The summed E-state index contributed by atoms with van der Waals surface area (Å²) < 4.78 is 34.8. The van der Waals surface area contributed by atoms with Crippen LogP contribution < -0.4 is 14.8 Å². The third-order valence-electron chi connectivity index (χ3n) is 3.07. The van der Waals surface area contributed by atoms with E-state index in [0.29, 0.717) is 34.4 Å². The molecule has 0 unspecified atom stereocenters. The maximum atomic E-state index is 12.2. The van der Waals surface area contributed by atoms with Crippen molar-refractivity contribution in [1.29, 1.82) is 0 Å². The van der Waals surface area contributed by atoms with Crippen LogP contribution in [-0.4, -0.2) is 31.7 Å². The van der Waals surface area contributed by atoms with Gasteiger partial charge in [0.15, 0.2) is 12.9 Å². The summed E-state index contributed by atoms with van der Waals surface area (Å²) in [4.78, 5) is 23.3. The first-order chi connectivity index (χ1) is 12.0. The van der Waals surface area contributed by atoms with Crippen LogP contribution >= 0.6 is 11.8 Å². The maximum absolute atomic E-state index is 12.2. The molecule has 5 nitrogen and oxygen atoms in total. The number of amides is 1. The van der Waals surface area contributed by atoms with Crippen LogP contribution in [0.3, 0.4) is 0 Å². The second-order valence-electron chi connectivity index (χ2n) is 4.76. The van der Waals surface area contributed by atoms with Gasteiger partial charge >= 0.3 is 0 Å². The molecule has 0 aliphatic rings. The van der Waals surface area contributed by atoms with Crippen molar-refractivity contribution in [1.82, 2.24) is 0 Å². The second kappa shape index (κ2) is 9.03. The van der Waals surface area contributed by atoms with E-state index in [2.05, 4.69) is 5.32 Å². The fraction of sp³-hybridized carbons (Fsp3) is 0.176. The molecular weight excluding hydrogens is 352 g/mol. The Morgan fingerprint density at radius 3 is 2.56 bits per heavy atom. The van der Waals surface area contributed by atoms with E-state index in [1.165, 1.54) is 43.5 Å². The molecule has 0 spiro atoms. The summed E-state index contributed by atoms with van der Waals surface area (Å²) in [6.07, 6.45) is 0.606. The van der Waals surface area contributed by atoms with Crippen molar-refractivity contribution in [2.45, 2.75) is 10.7 Å². The Bertz CT molecular complexity index is 738. The van der Waals surface area contributed by atoms with Crippen LogP contribution in [-0.2, 0) is 4.79 Å².